The van der Waals surface area contributed by atoms with Crippen LogP contribution in [0.25, 0.3) is 0 Å². The molecule has 3 aliphatic rings. The number of nitrogen functional groups attached to an aromatic ring is 1. The zero-order valence-corrected chi connectivity index (χ0v) is 18.3. The first-order valence-corrected chi connectivity index (χ1v) is 11.5. The lowest BCUT2D eigenvalue weighted by Gasteiger charge is -2.22. The second kappa shape index (κ2) is 7.74. The molecule has 0 aliphatic carbocycles. The van der Waals surface area contributed by atoms with Crippen LogP contribution in [-0.4, -0.2) is 24.8 Å². The minimum absolute atomic E-state index is 0.0365. The van der Waals surface area contributed by atoms with Crippen LogP contribution < -0.4 is 16.0 Å². The van der Waals surface area contributed by atoms with E-state index < -0.39 is 0 Å². The number of nitrogens with one attached hydrogen (secondary N) is 2. The molecule has 3 aromatic carbocycles. The van der Waals surface area contributed by atoms with Gasteiger partial charge < -0.3 is 20.7 Å². The van der Waals surface area contributed by atoms with Gasteiger partial charge in [-0.3, -0.25) is 10.2 Å². The van der Waals surface area contributed by atoms with E-state index in [0.29, 0.717) is 17.7 Å². The Labute approximate surface area is 192 Å². The number of hydrogen-bond acceptors (Lipinski definition) is 4. The van der Waals surface area contributed by atoms with E-state index in [1.165, 1.54) is 29.7 Å². The van der Waals surface area contributed by atoms with Crippen molar-refractivity contribution in [1.29, 1.82) is 5.41 Å². The zero-order valence-electron chi connectivity index (χ0n) is 18.3. The van der Waals surface area contributed by atoms with Crippen LogP contribution in [0.2, 0.25) is 0 Å². The Balaban J connectivity index is 1.20. The average molecular weight is 439 g/mol. The number of carbonyl (C=O) groups excluding carboxylic acids is 1. The van der Waals surface area contributed by atoms with Crippen LogP contribution in [-0.2, 0) is 11.3 Å². The molecule has 0 aromatic heterocycles. The number of amides is 1. The second-order valence-electron chi connectivity index (χ2n) is 9.04. The molecule has 1 amide bonds. The molecular formula is C27H26N4O2. The minimum atomic E-state index is -0.109. The molecule has 6 nitrogen and oxygen atoms in total. The Bertz CT molecular complexity index is 1260. The first-order chi connectivity index (χ1) is 16.1. The first-order valence-electron chi connectivity index (χ1n) is 11.5. The van der Waals surface area contributed by atoms with Crippen molar-refractivity contribution in [3.05, 3.63) is 99.6 Å². The molecule has 0 saturated carbocycles. The highest BCUT2D eigenvalue weighted by Crippen LogP contribution is 2.54. The Kier molecular flexibility index (Phi) is 4.69. The number of ether oxygens (including phenoxy) is 1. The lowest BCUT2D eigenvalue weighted by atomic mass is 9.85. The third kappa shape index (κ3) is 3.38. The summed E-state index contributed by atoms with van der Waals surface area (Å²) in [5.41, 5.74) is 13.8. The number of rotatable bonds is 5. The summed E-state index contributed by atoms with van der Waals surface area (Å²) in [7, 11) is 0. The van der Waals surface area contributed by atoms with Crippen molar-refractivity contribution in [2.75, 3.05) is 18.0 Å². The Morgan fingerprint density at radius 2 is 1.55 bits per heavy atom. The van der Waals surface area contributed by atoms with E-state index in [-0.39, 0.29) is 24.0 Å². The molecule has 3 aromatic rings. The molecule has 1 saturated heterocycles. The van der Waals surface area contributed by atoms with Crippen molar-refractivity contribution in [3.8, 4) is 0 Å². The van der Waals surface area contributed by atoms with Gasteiger partial charge in [-0.2, -0.15) is 0 Å². The van der Waals surface area contributed by atoms with Crippen molar-refractivity contribution in [1.82, 2.24) is 5.32 Å². The van der Waals surface area contributed by atoms with Gasteiger partial charge >= 0.3 is 0 Å². The van der Waals surface area contributed by atoms with Crippen molar-refractivity contribution >= 4 is 17.4 Å². The smallest absolute Gasteiger partial charge is 0.251 e. The average Bonchev–Trinajstić information content (AvgIpc) is 3.58. The Morgan fingerprint density at radius 3 is 2.27 bits per heavy atom. The predicted molar refractivity (Wildman–Crippen MR) is 128 cm³/mol. The van der Waals surface area contributed by atoms with Gasteiger partial charge in [0.1, 0.15) is 18.0 Å². The third-order valence-electron chi connectivity index (χ3n) is 7.01. The maximum absolute atomic E-state index is 12.9. The van der Waals surface area contributed by atoms with Gasteiger partial charge in [-0.05, 0) is 64.9 Å². The number of fused-ring (bicyclic) bond motifs is 8. The topological polar surface area (TPSA) is 91.4 Å². The number of nitrogens with two attached hydrogens (primary N) is 1. The second-order valence-corrected chi connectivity index (χ2v) is 9.04. The molecule has 166 valence electrons. The summed E-state index contributed by atoms with van der Waals surface area (Å²) in [6.45, 7) is 2.65. The quantitative estimate of drug-likeness (QED) is 0.414. The molecule has 1 fully saturated rings. The minimum Gasteiger partial charge on any atom is -0.384 e. The molecule has 0 spiro atoms. The fraction of sp³-hybridized carbons (Fsp3) is 0.259. The molecule has 33 heavy (non-hydrogen) atoms. The molecule has 4 N–H and O–H groups in total. The predicted octanol–water partition coefficient (Wildman–Crippen LogP) is 4.02. The highest BCUT2D eigenvalue weighted by Gasteiger charge is 2.43. The van der Waals surface area contributed by atoms with Gasteiger partial charge in [0.05, 0.1) is 0 Å². The van der Waals surface area contributed by atoms with Crippen molar-refractivity contribution in [2.45, 2.75) is 31.6 Å². The van der Waals surface area contributed by atoms with Gasteiger partial charge in [-0.25, -0.2) is 0 Å². The SMILES string of the molecule is N=C(N)c1ccc(CNC(=O)c2ccc3c(c2)C2OC3c3ccc(N4CCCC4)cc32)cc1. The largest absolute Gasteiger partial charge is 0.384 e. The number of hydrogen-bond donors (Lipinski definition) is 3. The monoisotopic (exact) mass is 438 g/mol. The van der Waals surface area contributed by atoms with Crippen LogP contribution in [0.5, 0.6) is 0 Å². The summed E-state index contributed by atoms with van der Waals surface area (Å²) >= 11 is 0. The van der Waals surface area contributed by atoms with E-state index in [9.17, 15) is 4.79 Å². The van der Waals surface area contributed by atoms with E-state index in [2.05, 4.69) is 28.4 Å². The van der Waals surface area contributed by atoms with Crippen LogP contribution in [0.4, 0.5) is 5.69 Å². The van der Waals surface area contributed by atoms with E-state index >= 15 is 0 Å². The van der Waals surface area contributed by atoms with Crippen LogP contribution in [0.3, 0.4) is 0 Å². The van der Waals surface area contributed by atoms with E-state index in [1.807, 2.05) is 30.3 Å². The van der Waals surface area contributed by atoms with Crippen molar-refractivity contribution in [2.24, 2.45) is 5.73 Å². The highest BCUT2D eigenvalue weighted by molar-refractivity contribution is 5.95. The fourth-order valence-electron chi connectivity index (χ4n) is 5.23. The molecule has 2 unspecified atom stereocenters. The molecule has 3 heterocycles. The zero-order chi connectivity index (χ0) is 22.5. The molecule has 2 atom stereocenters. The van der Waals surface area contributed by atoms with E-state index in [4.69, 9.17) is 15.9 Å². The summed E-state index contributed by atoms with van der Waals surface area (Å²) < 4.78 is 6.35. The maximum atomic E-state index is 12.9. The lowest BCUT2D eigenvalue weighted by Crippen LogP contribution is -2.23. The van der Waals surface area contributed by atoms with Gasteiger partial charge in [-0.1, -0.05) is 36.4 Å². The number of benzene rings is 3. The standard InChI is InChI=1S/C27H26N4O2/c28-26(29)17-5-3-16(4-6-17)15-30-27(32)18-7-9-20-22(13-18)25-23-14-19(31-11-1-2-12-31)8-10-21(23)24(20)33-25/h3-10,13-14,24-25H,1-2,11-12,15H2,(H3,28,29)(H,30,32). The van der Waals surface area contributed by atoms with Crippen LogP contribution >= 0.6 is 0 Å². The maximum Gasteiger partial charge on any atom is 0.251 e. The fourth-order valence-corrected chi connectivity index (χ4v) is 5.23. The van der Waals surface area contributed by atoms with Gasteiger partial charge in [-0.15, -0.1) is 0 Å². The summed E-state index contributed by atoms with van der Waals surface area (Å²) in [5, 5.41) is 10.5. The number of nitrogens with zero attached hydrogens (tertiary/aromatic N) is 1. The molecule has 6 heteroatoms. The number of anilines is 1. The molecular weight excluding hydrogens is 412 g/mol. The van der Waals surface area contributed by atoms with Crippen LogP contribution in [0, 0.1) is 5.41 Å². The molecule has 6 rings (SSSR count). The highest BCUT2D eigenvalue weighted by atomic mass is 16.5. The number of amidine groups is 1. The normalized spacial score (nSPS) is 19.9. The summed E-state index contributed by atoms with van der Waals surface area (Å²) in [4.78, 5) is 15.3. The first kappa shape index (κ1) is 20.0. The third-order valence-corrected chi connectivity index (χ3v) is 7.01. The molecule has 0 radical (unpaired) electrons. The van der Waals surface area contributed by atoms with Gasteiger partial charge in [0.15, 0.2) is 0 Å². The molecule has 3 aliphatic heterocycles. The Hall–Kier alpha value is -3.64. The van der Waals surface area contributed by atoms with E-state index in [1.54, 1.807) is 12.1 Å². The summed E-state index contributed by atoms with van der Waals surface area (Å²) in [6.07, 6.45) is 2.36. The lowest BCUT2D eigenvalue weighted by molar-refractivity contribution is 0.0857. The molecule has 2 bridgehead atoms. The van der Waals surface area contributed by atoms with Gasteiger partial charge in [0.25, 0.3) is 5.91 Å². The summed E-state index contributed by atoms with van der Waals surface area (Å²) in [5.74, 6) is -0.0726. The van der Waals surface area contributed by atoms with Gasteiger partial charge in [0.2, 0.25) is 0 Å². The van der Waals surface area contributed by atoms with Crippen LogP contribution in [0.15, 0.2) is 60.7 Å². The van der Waals surface area contributed by atoms with Crippen molar-refractivity contribution in [3.63, 3.8) is 0 Å². The summed E-state index contributed by atoms with van der Waals surface area (Å²) in [6, 6.07) is 20.0. The van der Waals surface area contributed by atoms with E-state index in [0.717, 1.165) is 29.8 Å². The van der Waals surface area contributed by atoms with Crippen LogP contribution in [0.1, 0.15) is 68.8 Å². The van der Waals surface area contributed by atoms with Gasteiger partial charge in [0, 0.05) is 36.4 Å². The number of carbonyl (C=O) groups is 1. The van der Waals surface area contributed by atoms with Crippen molar-refractivity contribution < 1.29 is 9.53 Å². The Morgan fingerprint density at radius 1 is 0.909 bits per heavy atom.